The van der Waals surface area contributed by atoms with Gasteiger partial charge in [-0.3, -0.25) is 4.79 Å². The second-order valence-corrected chi connectivity index (χ2v) is 7.02. The summed E-state index contributed by atoms with van der Waals surface area (Å²) < 4.78 is 27.8. The van der Waals surface area contributed by atoms with Gasteiger partial charge in [-0.1, -0.05) is 12.1 Å². The predicted octanol–water partition coefficient (Wildman–Crippen LogP) is 0.952. The summed E-state index contributed by atoms with van der Waals surface area (Å²) in [6, 6.07) is 6.37. The molecule has 1 amide bonds. The van der Waals surface area contributed by atoms with Gasteiger partial charge in [0, 0.05) is 19.6 Å². The van der Waals surface area contributed by atoms with Gasteiger partial charge in [-0.15, -0.1) is 0 Å². The molecular weight excluding hydrogens is 304 g/mol. The van der Waals surface area contributed by atoms with E-state index in [2.05, 4.69) is 5.32 Å². The van der Waals surface area contributed by atoms with Gasteiger partial charge in [-0.25, -0.2) is 13.6 Å². The van der Waals surface area contributed by atoms with Crippen molar-refractivity contribution in [3.8, 4) is 0 Å². The molecule has 2 rings (SSSR count). The van der Waals surface area contributed by atoms with Crippen molar-refractivity contribution in [1.29, 1.82) is 0 Å². The summed E-state index contributed by atoms with van der Waals surface area (Å²) in [6.45, 7) is 1.33. The van der Waals surface area contributed by atoms with Crippen LogP contribution in [0.15, 0.2) is 29.2 Å². The molecule has 1 atom stereocenters. The summed E-state index contributed by atoms with van der Waals surface area (Å²) in [7, 11) is -3.65. The van der Waals surface area contributed by atoms with Gasteiger partial charge in [-0.05, 0) is 43.4 Å². The Labute approximate surface area is 131 Å². The van der Waals surface area contributed by atoms with Crippen molar-refractivity contribution >= 4 is 15.9 Å². The van der Waals surface area contributed by atoms with Crippen molar-refractivity contribution < 1.29 is 17.9 Å². The van der Waals surface area contributed by atoms with Gasteiger partial charge >= 0.3 is 0 Å². The molecule has 3 N–H and O–H groups in total. The third-order valence-corrected chi connectivity index (χ3v) is 4.63. The molecule has 6 nitrogen and oxygen atoms in total. The number of carbonyl (C=O) groups is 1. The molecule has 1 aliphatic rings. The fourth-order valence-corrected chi connectivity index (χ4v) is 2.96. The molecule has 1 aliphatic heterocycles. The molecule has 0 radical (unpaired) electrons. The third-order valence-electron chi connectivity index (χ3n) is 3.71. The van der Waals surface area contributed by atoms with E-state index in [0.717, 1.165) is 31.4 Å². The minimum Gasteiger partial charge on any atom is -0.378 e. The SMILES string of the molecule is NS(=O)(=O)c1ccc(CCNC(=O)CC[C@@H]2CCCO2)cc1. The van der Waals surface area contributed by atoms with Crippen LogP contribution in [0.25, 0.3) is 0 Å². The highest BCUT2D eigenvalue weighted by atomic mass is 32.2. The molecule has 0 unspecified atom stereocenters. The summed E-state index contributed by atoms with van der Waals surface area (Å²) in [5.74, 6) is 0.0247. The number of nitrogens with two attached hydrogens (primary N) is 1. The first-order valence-corrected chi connectivity index (χ1v) is 9.00. The molecule has 122 valence electrons. The van der Waals surface area contributed by atoms with E-state index >= 15 is 0 Å². The van der Waals surface area contributed by atoms with Gasteiger partial charge in [0.05, 0.1) is 11.0 Å². The monoisotopic (exact) mass is 326 g/mol. The lowest BCUT2D eigenvalue weighted by atomic mass is 10.1. The Morgan fingerprint density at radius 3 is 2.64 bits per heavy atom. The van der Waals surface area contributed by atoms with Crippen molar-refractivity contribution in [3.63, 3.8) is 0 Å². The quantitative estimate of drug-likeness (QED) is 0.779. The highest BCUT2D eigenvalue weighted by molar-refractivity contribution is 7.89. The first-order chi connectivity index (χ1) is 10.4. The van der Waals surface area contributed by atoms with Gasteiger partial charge in [0.2, 0.25) is 15.9 Å². The largest absolute Gasteiger partial charge is 0.378 e. The maximum absolute atomic E-state index is 11.7. The molecule has 1 heterocycles. The van der Waals surface area contributed by atoms with Crippen LogP contribution in [0.5, 0.6) is 0 Å². The van der Waals surface area contributed by atoms with E-state index in [1.807, 2.05) is 0 Å². The minimum absolute atomic E-state index is 0.0247. The summed E-state index contributed by atoms with van der Waals surface area (Å²) in [5.41, 5.74) is 0.951. The molecule has 1 saturated heterocycles. The van der Waals surface area contributed by atoms with Gasteiger partial charge in [0.1, 0.15) is 0 Å². The molecule has 0 saturated carbocycles. The average Bonchev–Trinajstić information content (AvgIpc) is 2.98. The zero-order chi connectivity index (χ0) is 16.0. The summed E-state index contributed by atoms with van der Waals surface area (Å²) in [4.78, 5) is 11.8. The Kier molecular flexibility index (Phi) is 5.93. The molecule has 1 aromatic rings. The number of carbonyl (C=O) groups excluding carboxylic acids is 1. The Morgan fingerprint density at radius 2 is 2.05 bits per heavy atom. The van der Waals surface area contributed by atoms with E-state index in [0.29, 0.717) is 19.4 Å². The topological polar surface area (TPSA) is 98.5 Å². The number of sulfonamides is 1. The number of benzene rings is 1. The number of ether oxygens (including phenoxy) is 1. The second kappa shape index (κ2) is 7.71. The van der Waals surface area contributed by atoms with Crippen LogP contribution in [0.4, 0.5) is 0 Å². The van der Waals surface area contributed by atoms with Crippen LogP contribution in [-0.2, 0) is 26.0 Å². The van der Waals surface area contributed by atoms with Crippen LogP contribution in [-0.4, -0.2) is 33.6 Å². The Morgan fingerprint density at radius 1 is 1.32 bits per heavy atom. The van der Waals surface area contributed by atoms with Crippen LogP contribution in [0, 0.1) is 0 Å². The lowest BCUT2D eigenvalue weighted by molar-refractivity contribution is -0.121. The Balaban J connectivity index is 1.68. The number of hydrogen-bond donors (Lipinski definition) is 2. The van der Waals surface area contributed by atoms with E-state index in [1.165, 1.54) is 12.1 Å². The second-order valence-electron chi connectivity index (χ2n) is 5.46. The highest BCUT2D eigenvalue weighted by Crippen LogP contribution is 2.16. The molecule has 22 heavy (non-hydrogen) atoms. The van der Waals surface area contributed by atoms with Crippen molar-refractivity contribution in [2.24, 2.45) is 5.14 Å². The number of rotatable bonds is 7. The van der Waals surface area contributed by atoms with E-state index in [4.69, 9.17) is 9.88 Å². The minimum atomic E-state index is -3.65. The van der Waals surface area contributed by atoms with E-state index < -0.39 is 10.0 Å². The van der Waals surface area contributed by atoms with Crippen LogP contribution >= 0.6 is 0 Å². The van der Waals surface area contributed by atoms with Crippen molar-refractivity contribution in [1.82, 2.24) is 5.32 Å². The molecule has 0 bridgehead atoms. The molecule has 7 heteroatoms. The maximum Gasteiger partial charge on any atom is 0.238 e. The van der Waals surface area contributed by atoms with Crippen molar-refractivity contribution in [2.45, 2.75) is 43.1 Å². The number of nitrogens with one attached hydrogen (secondary N) is 1. The van der Waals surface area contributed by atoms with E-state index in [-0.39, 0.29) is 16.9 Å². The van der Waals surface area contributed by atoms with Gasteiger partial charge in [0.15, 0.2) is 0 Å². The predicted molar refractivity (Wildman–Crippen MR) is 82.7 cm³/mol. The van der Waals surface area contributed by atoms with Crippen LogP contribution in [0.2, 0.25) is 0 Å². The molecular formula is C15H22N2O4S. The summed E-state index contributed by atoms with van der Waals surface area (Å²) in [6.07, 6.45) is 4.27. The van der Waals surface area contributed by atoms with Crippen LogP contribution in [0.1, 0.15) is 31.2 Å². The van der Waals surface area contributed by atoms with Crippen molar-refractivity contribution in [3.05, 3.63) is 29.8 Å². The highest BCUT2D eigenvalue weighted by Gasteiger charge is 2.16. The molecule has 0 aromatic heterocycles. The van der Waals surface area contributed by atoms with E-state index in [9.17, 15) is 13.2 Å². The lowest BCUT2D eigenvalue weighted by Gasteiger charge is -2.09. The molecule has 0 spiro atoms. The maximum atomic E-state index is 11.7. The third kappa shape index (κ3) is 5.40. The lowest BCUT2D eigenvalue weighted by Crippen LogP contribution is -2.26. The fourth-order valence-electron chi connectivity index (χ4n) is 2.44. The van der Waals surface area contributed by atoms with Gasteiger partial charge in [-0.2, -0.15) is 0 Å². The zero-order valence-corrected chi connectivity index (χ0v) is 13.3. The molecule has 0 aliphatic carbocycles. The Hall–Kier alpha value is -1.44. The van der Waals surface area contributed by atoms with Crippen LogP contribution < -0.4 is 10.5 Å². The zero-order valence-electron chi connectivity index (χ0n) is 12.5. The standard InChI is InChI=1S/C15H22N2O4S/c16-22(19,20)14-6-3-12(4-7-14)9-10-17-15(18)8-5-13-2-1-11-21-13/h3-4,6-7,13H,1-2,5,8-11H2,(H,17,18)(H2,16,19,20)/t13-/m0/s1. The number of amides is 1. The van der Waals surface area contributed by atoms with Crippen LogP contribution in [0.3, 0.4) is 0 Å². The number of primary sulfonamides is 1. The summed E-state index contributed by atoms with van der Waals surface area (Å²) in [5, 5.41) is 7.90. The smallest absolute Gasteiger partial charge is 0.238 e. The van der Waals surface area contributed by atoms with Gasteiger partial charge in [0.25, 0.3) is 0 Å². The first kappa shape index (κ1) is 16.9. The van der Waals surface area contributed by atoms with Gasteiger partial charge < -0.3 is 10.1 Å². The normalized spacial score (nSPS) is 18.3. The molecule has 1 aromatic carbocycles. The average molecular weight is 326 g/mol. The molecule has 1 fully saturated rings. The first-order valence-electron chi connectivity index (χ1n) is 7.45. The summed E-state index contributed by atoms with van der Waals surface area (Å²) >= 11 is 0. The van der Waals surface area contributed by atoms with Crippen molar-refractivity contribution in [2.75, 3.05) is 13.2 Å². The Bertz CT molecular complexity index is 592. The fraction of sp³-hybridized carbons (Fsp3) is 0.533. The number of hydrogen-bond acceptors (Lipinski definition) is 4. The van der Waals surface area contributed by atoms with E-state index in [1.54, 1.807) is 12.1 Å².